The van der Waals surface area contributed by atoms with Crippen LogP contribution in [0.4, 0.5) is 0 Å². The van der Waals surface area contributed by atoms with Crippen LogP contribution in [0.15, 0.2) is 12.2 Å². The van der Waals surface area contributed by atoms with Gasteiger partial charge in [0.15, 0.2) is 0 Å². The molecule has 0 saturated heterocycles. The third-order valence-corrected chi connectivity index (χ3v) is 4.51. The molecule has 0 aliphatic heterocycles. The smallest absolute Gasteiger partial charge is 1.00 e. The first-order valence-electron chi connectivity index (χ1n) is 10.4. The SMILES string of the molecule is [Br-].[CH2-]CCCCCCCCCCC/C=C\CCCCCCCC.[Mg+2]. The van der Waals surface area contributed by atoms with E-state index in [4.69, 9.17) is 0 Å². The van der Waals surface area contributed by atoms with E-state index in [1.165, 1.54) is 109 Å². The zero-order valence-corrected chi connectivity index (χ0v) is 19.7. The van der Waals surface area contributed by atoms with Gasteiger partial charge >= 0.3 is 23.1 Å². The van der Waals surface area contributed by atoms with Crippen molar-refractivity contribution in [1.29, 1.82) is 0 Å². The Kier molecular flexibility index (Phi) is 35.7. The van der Waals surface area contributed by atoms with E-state index in [1.54, 1.807) is 0 Å². The molecule has 0 bridgehead atoms. The number of halogens is 1. The third kappa shape index (κ3) is 27.8. The summed E-state index contributed by atoms with van der Waals surface area (Å²) in [6.45, 7) is 6.18. The number of hydrogen-bond acceptors (Lipinski definition) is 0. The molecule has 0 radical (unpaired) electrons. The Morgan fingerprint density at radius 2 is 0.875 bits per heavy atom. The van der Waals surface area contributed by atoms with Crippen molar-refractivity contribution in [3.05, 3.63) is 19.1 Å². The Morgan fingerprint density at radius 1 is 0.542 bits per heavy atom. The monoisotopic (exact) mass is 410 g/mol. The van der Waals surface area contributed by atoms with Gasteiger partial charge in [0, 0.05) is 0 Å². The molecule has 0 unspecified atom stereocenters. The Morgan fingerprint density at radius 3 is 1.25 bits per heavy atom. The minimum absolute atomic E-state index is 0. The third-order valence-electron chi connectivity index (χ3n) is 4.51. The first-order chi connectivity index (χ1) is 10.9. The van der Waals surface area contributed by atoms with Gasteiger partial charge in [0.05, 0.1) is 0 Å². The molecule has 24 heavy (non-hydrogen) atoms. The molecule has 0 spiro atoms. The van der Waals surface area contributed by atoms with Crippen LogP contribution in [0.1, 0.15) is 122 Å². The topological polar surface area (TPSA) is 0 Å². The van der Waals surface area contributed by atoms with E-state index in [1.807, 2.05) is 0 Å². The van der Waals surface area contributed by atoms with E-state index < -0.39 is 0 Å². The van der Waals surface area contributed by atoms with Gasteiger partial charge in [0.25, 0.3) is 0 Å². The van der Waals surface area contributed by atoms with Crippen molar-refractivity contribution < 1.29 is 17.0 Å². The van der Waals surface area contributed by atoms with E-state index in [2.05, 4.69) is 26.0 Å². The minimum atomic E-state index is 0. The second-order valence-corrected chi connectivity index (χ2v) is 6.85. The number of unbranched alkanes of at least 4 members (excludes halogenated alkanes) is 16. The molecule has 0 aromatic rings. The van der Waals surface area contributed by atoms with Gasteiger partial charge in [-0.15, -0.1) is 0 Å². The fourth-order valence-electron chi connectivity index (χ4n) is 2.95. The van der Waals surface area contributed by atoms with Gasteiger partial charge < -0.3 is 23.9 Å². The average molecular weight is 412 g/mol. The zero-order chi connectivity index (χ0) is 16.1. The number of rotatable bonds is 18. The molecule has 0 aromatic carbocycles. The first kappa shape index (κ1) is 29.7. The van der Waals surface area contributed by atoms with E-state index >= 15 is 0 Å². The van der Waals surface area contributed by atoms with Crippen LogP contribution >= 0.6 is 0 Å². The fourth-order valence-corrected chi connectivity index (χ4v) is 2.95. The summed E-state index contributed by atoms with van der Waals surface area (Å²) in [6, 6.07) is 0. The van der Waals surface area contributed by atoms with Crippen LogP contribution in [0.25, 0.3) is 0 Å². The molecule has 0 aliphatic rings. The van der Waals surface area contributed by atoms with Crippen LogP contribution in [-0.4, -0.2) is 23.1 Å². The van der Waals surface area contributed by atoms with Crippen LogP contribution < -0.4 is 17.0 Å². The molecule has 0 atom stereocenters. The van der Waals surface area contributed by atoms with Crippen molar-refractivity contribution in [3.63, 3.8) is 0 Å². The molecule has 0 nitrogen and oxygen atoms in total. The molecule has 0 amide bonds. The summed E-state index contributed by atoms with van der Waals surface area (Å²) in [6.07, 6.45) is 29.8. The maximum atomic E-state index is 3.89. The van der Waals surface area contributed by atoms with Crippen molar-refractivity contribution >= 4 is 23.1 Å². The van der Waals surface area contributed by atoms with Gasteiger partial charge in [-0.05, 0) is 25.7 Å². The van der Waals surface area contributed by atoms with Gasteiger partial charge in [-0.3, -0.25) is 0 Å². The number of hydrogen-bond donors (Lipinski definition) is 0. The van der Waals surface area contributed by atoms with Crippen LogP contribution in [-0.2, 0) is 0 Å². The summed E-state index contributed by atoms with van der Waals surface area (Å²) >= 11 is 0. The molecule has 0 aliphatic carbocycles. The van der Waals surface area contributed by atoms with E-state index in [0.29, 0.717) is 0 Å². The van der Waals surface area contributed by atoms with Crippen molar-refractivity contribution in [2.24, 2.45) is 0 Å². The quantitative estimate of drug-likeness (QED) is 0.128. The van der Waals surface area contributed by atoms with Gasteiger partial charge in [-0.25, -0.2) is 0 Å². The predicted octanol–water partition coefficient (Wildman–Crippen LogP) is 5.04. The summed E-state index contributed by atoms with van der Waals surface area (Å²) in [7, 11) is 0. The molecule has 0 heterocycles. The van der Waals surface area contributed by atoms with Crippen molar-refractivity contribution in [2.45, 2.75) is 122 Å². The second kappa shape index (κ2) is 28.8. The molecule has 0 rings (SSSR count). The summed E-state index contributed by atoms with van der Waals surface area (Å²) in [5, 5.41) is 0. The molecular weight excluding hydrogens is 368 g/mol. The van der Waals surface area contributed by atoms with Crippen LogP contribution in [0.2, 0.25) is 0 Å². The van der Waals surface area contributed by atoms with E-state index in [9.17, 15) is 0 Å². The second-order valence-electron chi connectivity index (χ2n) is 6.85. The number of allylic oxidation sites excluding steroid dienone is 2. The van der Waals surface area contributed by atoms with Crippen molar-refractivity contribution in [1.82, 2.24) is 0 Å². The summed E-state index contributed by atoms with van der Waals surface area (Å²) in [4.78, 5) is 0. The Balaban J connectivity index is -0.00000220. The van der Waals surface area contributed by atoms with Crippen LogP contribution in [0, 0.1) is 6.92 Å². The summed E-state index contributed by atoms with van der Waals surface area (Å²) < 4.78 is 0. The maximum Gasteiger partial charge on any atom is 2.00 e. The predicted molar refractivity (Wildman–Crippen MR) is 109 cm³/mol. The minimum Gasteiger partial charge on any atom is -1.00 e. The molecular formula is C22H43BrMg. The molecule has 0 aromatic heterocycles. The van der Waals surface area contributed by atoms with Gasteiger partial charge in [-0.1, -0.05) is 103 Å². The Bertz CT molecular complexity index is 216. The summed E-state index contributed by atoms with van der Waals surface area (Å²) in [5.41, 5.74) is 0. The molecule has 0 N–H and O–H groups in total. The van der Waals surface area contributed by atoms with Crippen molar-refractivity contribution in [2.75, 3.05) is 0 Å². The fraction of sp³-hybridized carbons (Fsp3) is 0.864. The normalized spacial score (nSPS) is 10.6. The zero-order valence-electron chi connectivity index (χ0n) is 16.7. The Hall–Kier alpha value is 0.986. The van der Waals surface area contributed by atoms with E-state index in [0.717, 1.165) is 6.42 Å². The molecule has 140 valence electrons. The molecule has 0 saturated carbocycles. The van der Waals surface area contributed by atoms with Crippen LogP contribution in [0.5, 0.6) is 0 Å². The average Bonchev–Trinajstić information content (AvgIpc) is 2.54. The first-order valence-corrected chi connectivity index (χ1v) is 10.4. The van der Waals surface area contributed by atoms with Gasteiger partial charge in [0.1, 0.15) is 0 Å². The van der Waals surface area contributed by atoms with Gasteiger partial charge in [-0.2, -0.15) is 6.42 Å². The summed E-state index contributed by atoms with van der Waals surface area (Å²) in [5.74, 6) is 0. The molecule has 0 fully saturated rings. The maximum absolute atomic E-state index is 3.89. The van der Waals surface area contributed by atoms with Gasteiger partial charge in [0.2, 0.25) is 0 Å². The molecule has 2 heteroatoms. The van der Waals surface area contributed by atoms with E-state index in [-0.39, 0.29) is 40.0 Å². The largest absolute Gasteiger partial charge is 2.00 e. The van der Waals surface area contributed by atoms with Crippen molar-refractivity contribution in [3.8, 4) is 0 Å². The van der Waals surface area contributed by atoms with Crippen LogP contribution in [0.3, 0.4) is 0 Å². The standard InChI is InChI=1S/C22H43.BrH.Mg/c1-3-5-7-9-11-13-15-17-19-21-22-20-18-16-14-12-10-8-6-4-2;;/h18,20H,1,3-17,19,21-22H2,2H3;1H;/q-1;;+2/p-1/b20-18-;;. The Labute approximate surface area is 180 Å².